The molecule has 0 aromatic heterocycles. The predicted octanol–water partition coefficient (Wildman–Crippen LogP) is 3.11. The van der Waals surface area contributed by atoms with E-state index in [-0.39, 0.29) is 5.91 Å². The van der Waals surface area contributed by atoms with Crippen molar-refractivity contribution in [1.29, 1.82) is 0 Å². The normalized spacial score (nSPS) is 21.0. The molecular formula is C21H30N2O3S. The molecule has 0 N–H and O–H groups in total. The molecule has 1 aliphatic carbocycles. The summed E-state index contributed by atoms with van der Waals surface area (Å²) in [5.41, 5.74) is 3.64. The molecule has 2 aliphatic rings. The number of hydrogen-bond donors (Lipinski definition) is 0. The Morgan fingerprint density at radius 2 is 1.63 bits per heavy atom. The Kier molecular flexibility index (Phi) is 5.77. The summed E-state index contributed by atoms with van der Waals surface area (Å²) in [4.78, 5) is 14.8. The highest BCUT2D eigenvalue weighted by molar-refractivity contribution is 7.89. The van der Waals surface area contributed by atoms with Gasteiger partial charge in [0.25, 0.3) is 0 Å². The van der Waals surface area contributed by atoms with Crippen molar-refractivity contribution in [2.75, 3.05) is 26.2 Å². The Morgan fingerprint density at radius 3 is 2.15 bits per heavy atom. The number of allylic oxidation sites excluding steroid dienone is 2. The van der Waals surface area contributed by atoms with Crippen LogP contribution in [0.4, 0.5) is 0 Å². The van der Waals surface area contributed by atoms with Gasteiger partial charge in [-0.3, -0.25) is 4.79 Å². The molecule has 1 aromatic rings. The standard InChI is InChI=1S/C21H30N2O3S/c1-15-13-16(2)18(4)21(17(15)3)27(25,26)23-11-9-22(10-12-23)20(24)14-19-7-5-6-8-19/h5,7,13,19H,6,8-12,14H2,1-4H3/t19-/m1/s1. The molecule has 0 bridgehead atoms. The molecule has 0 radical (unpaired) electrons. The lowest BCUT2D eigenvalue weighted by Gasteiger charge is -2.35. The van der Waals surface area contributed by atoms with Gasteiger partial charge in [-0.05, 0) is 68.7 Å². The maximum atomic E-state index is 13.3. The first-order valence-electron chi connectivity index (χ1n) is 9.73. The van der Waals surface area contributed by atoms with Gasteiger partial charge in [0.1, 0.15) is 0 Å². The summed E-state index contributed by atoms with van der Waals surface area (Å²) >= 11 is 0. The number of amides is 1. The second-order valence-electron chi connectivity index (χ2n) is 7.84. The van der Waals surface area contributed by atoms with E-state index in [4.69, 9.17) is 0 Å². The molecule has 1 heterocycles. The lowest BCUT2D eigenvalue weighted by molar-refractivity contribution is -0.133. The summed E-state index contributed by atoms with van der Waals surface area (Å²) in [5.74, 6) is 0.488. The SMILES string of the molecule is Cc1cc(C)c(C)c(S(=O)(=O)N2CCN(C(=O)C[C@@H]3C=CCC3)CC2)c1C. The van der Waals surface area contributed by atoms with Gasteiger partial charge in [0.05, 0.1) is 4.90 Å². The fourth-order valence-electron chi connectivity index (χ4n) is 4.09. The van der Waals surface area contributed by atoms with Crippen molar-refractivity contribution in [1.82, 2.24) is 9.21 Å². The van der Waals surface area contributed by atoms with E-state index < -0.39 is 10.0 Å². The molecular weight excluding hydrogens is 360 g/mol. The predicted molar refractivity (Wildman–Crippen MR) is 107 cm³/mol. The van der Waals surface area contributed by atoms with Gasteiger partial charge in [-0.25, -0.2) is 8.42 Å². The van der Waals surface area contributed by atoms with E-state index >= 15 is 0 Å². The first kappa shape index (κ1) is 20.1. The molecule has 27 heavy (non-hydrogen) atoms. The van der Waals surface area contributed by atoms with Crippen LogP contribution in [0.2, 0.25) is 0 Å². The highest BCUT2D eigenvalue weighted by atomic mass is 32.2. The minimum atomic E-state index is -3.56. The maximum Gasteiger partial charge on any atom is 0.243 e. The van der Waals surface area contributed by atoms with Crippen molar-refractivity contribution >= 4 is 15.9 Å². The average Bonchev–Trinajstić information content (AvgIpc) is 3.13. The number of aryl methyl sites for hydroxylation is 2. The third-order valence-corrected chi connectivity index (χ3v) is 8.21. The van der Waals surface area contributed by atoms with Crippen molar-refractivity contribution < 1.29 is 13.2 Å². The lowest BCUT2D eigenvalue weighted by Crippen LogP contribution is -2.50. The Morgan fingerprint density at radius 1 is 1.04 bits per heavy atom. The molecule has 5 nitrogen and oxygen atoms in total. The highest BCUT2D eigenvalue weighted by Gasteiger charge is 2.33. The summed E-state index contributed by atoms with van der Waals surface area (Å²) < 4.78 is 28.1. The number of nitrogens with zero attached hydrogens (tertiary/aromatic N) is 2. The molecule has 1 fully saturated rings. The van der Waals surface area contributed by atoms with Crippen LogP contribution in [0.3, 0.4) is 0 Å². The van der Waals surface area contributed by atoms with Gasteiger partial charge in [0.2, 0.25) is 15.9 Å². The molecule has 6 heteroatoms. The maximum absolute atomic E-state index is 13.3. The van der Waals surface area contributed by atoms with E-state index in [2.05, 4.69) is 12.2 Å². The summed E-state index contributed by atoms with van der Waals surface area (Å²) in [7, 11) is -3.56. The van der Waals surface area contributed by atoms with Crippen LogP contribution in [0.25, 0.3) is 0 Å². The molecule has 0 saturated carbocycles. The molecule has 1 amide bonds. The first-order valence-corrected chi connectivity index (χ1v) is 11.2. The number of carbonyl (C=O) groups is 1. The van der Waals surface area contributed by atoms with Crippen LogP contribution in [-0.2, 0) is 14.8 Å². The fraction of sp³-hybridized carbons (Fsp3) is 0.571. The minimum Gasteiger partial charge on any atom is -0.340 e. The molecule has 0 spiro atoms. The minimum absolute atomic E-state index is 0.141. The van der Waals surface area contributed by atoms with Gasteiger partial charge in [-0.2, -0.15) is 4.31 Å². The van der Waals surface area contributed by atoms with E-state index in [1.807, 2.05) is 38.7 Å². The number of sulfonamides is 1. The molecule has 1 atom stereocenters. The zero-order valence-corrected chi connectivity index (χ0v) is 17.6. The van der Waals surface area contributed by atoms with E-state index in [1.165, 1.54) is 0 Å². The van der Waals surface area contributed by atoms with Gasteiger partial charge in [-0.15, -0.1) is 0 Å². The van der Waals surface area contributed by atoms with E-state index in [0.717, 1.165) is 35.1 Å². The quantitative estimate of drug-likeness (QED) is 0.742. The zero-order valence-electron chi connectivity index (χ0n) is 16.8. The third-order valence-electron chi connectivity index (χ3n) is 6.04. The number of rotatable bonds is 4. The van der Waals surface area contributed by atoms with Crippen molar-refractivity contribution in [3.05, 3.63) is 40.5 Å². The average molecular weight is 391 g/mol. The van der Waals surface area contributed by atoms with E-state index in [0.29, 0.717) is 43.4 Å². The summed E-state index contributed by atoms with van der Waals surface area (Å²) in [6.07, 6.45) is 6.91. The summed E-state index contributed by atoms with van der Waals surface area (Å²) in [5, 5.41) is 0. The molecule has 1 aliphatic heterocycles. The second kappa shape index (κ2) is 7.76. The molecule has 148 valence electrons. The van der Waals surface area contributed by atoms with E-state index in [1.54, 1.807) is 4.31 Å². The first-order chi connectivity index (χ1) is 12.7. The van der Waals surface area contributed by atoms with Gasteiger partial charge >= 0.3 is 0 Å². The smallest absolute Gasteiger partial charge is 0.243 e. The van der Waals surface area contributed by atoms with Crippen molar-refractivity contribution in [3.63, 3.8) is 0 Å². The Balaban J connectivity index is 1.72. The van der Waals surface area contributed by atoms with Crippen molar-refractivity contribution in [3.8, 4) is 0 Å². The van der Waals surface area contributed by atoms with Gasteiger partial charge in [0.15, 0.2) is 0 Å². The Bertz CT molecular complexity index is 840. The van der Waals surface area contributed by atoms with Crippen LogP contribution in [0.1, 0.15) is 41.5 Å². The summed E-state index contributed by atoms with van der Waals surface area (Å²) in [6, 6.07) is 2.04. The van der Waals surface area contributed by atoms with Crippen LogP contribution in [0, 0.1) is 33.6 Å². The Hall–Kier alpha value is -1.66. The zero-order chi connectivity index (χ0) is 19.8. The van der Waals surface area contributed by atoms with E-state index in [9.17, 15) is 13.2 Å². The monoisotopic (exact) mass is 390 g/mol. The number of benzene rings is 1. The van der Waals surface area contributed by atoms with Crippen LogP contribution in [0.15, 0.2) is 23.1 Å². The molecule has 1 aromatic carbocycles. The van der Waals surface area contributed by atoms with Gasteiger partial charge < -0.3 is 4.90 Å². The van der Waals surface area contributed by atoms with Crippen LogP contribution in [0.5, 0.6) is 0 Å². The van der Waals surface area contributed by atoms with Gasteiger partial charge in [0, 0.05) is 32.6 Å². The molecule has 3 rings (SSSR count). The van der Waals surface area contributed by atoms with Gasteiger partial charge in [-0.1, -0.05) is 18.2 Å². The number of carbonyl (C=O) groups excluding carboxylic acids is 1. The Labute approximate surface area is 163 Å². The largest absolute Gasteiger partial charge is 0.340 e. The van der Waals surface area contributed by atoms with Crippen molar-refractivity contribution in [2.45, 2.75) is 51.9 Å². The highest BCUT2D eigenvalue weighted by Crippen LogP contribution is 2.29. The number of hydrogen-bond acceptors (Lipinski definition) is 3. The lowest BCUT2D eigenvalue weighted by atomic mass is 10.0. The van der Waals surface area contributed by atoms with Crippen molar-refractivity contribution in [2.24, 2.45) is 5.92 Å². The fourth-order valence-corrected chi connectivity index (χ4v) is 6.09. The third kappa shape index (κ3) is 3.97. The molecule has 1 saturated heterocycles. The topological polar surface area (TPSA) is 57.7 Å². The van der Waals surface area contributed by atoms with Crippen LogP contribution < -0.4 is 0 Å². The van der Waals surface area contributed by atoms with Crippen LogP contribution >= 0.6 is 0 Å². The second-order valence-corrected chi connectivity index (χ2v) is 9.72. The number of piperazine rings is 1. The molecule has 0 unspecified atom stereocenters. The van der Waals surface area contributed by atoms with Crippen LogP contribution in [-0.4, -0.2) is 49.7 Å². The summed E-state index contributed by atoms with van der Waals surface area (Å²) in [6.45, 7) is 9.33.